The van der Waals surface area contributed by atoms with E-state index in [9.17, 15) is 8.42 Å². The number of methoxy groups -OCH3 is 1. The van der Waals surface area contributed by atoms with Crippen molar-refractivity contribution in [1.82, 2.24) is 4.72 Å². The molecule has 1 aliphatic heterocycles. The summed E-state index contributed by atoms with van der Waals surface area (Å²) in [6.07, 6.45) is -0.541. The highest BCUT2D eigenvalue weighted by Gasteiger charge is 2.33. The Morgan fingerprint density at radius 1 is 1.38 bits per heavy atom. The zero-order chi connectivity index (χ0) is 9.47. The van der Waals surface area contributed by atoms with Crippen LogP contribution in [0.1, 0.15) is 11.8 Å². The van der Waals surface area contributed by atoms with Gasteiger partial charge < -0.3 is 4.74 Å². The molecule has 0 aromatic heterocycles. The highest BCUT2D eigenvalue weighted by atomic mass is 32.2. The third-order valence-corrected chi connectivity index (χ3v) is 3.46. The molecule has 0 saturated carbocycles. The molecular formula is C8H9NO3S. The van der Waals surface area contributed by atoms with E-state index in [1.807, 2.05) is 0 Å². The summed E-state index contributed by atoms with van der Waals surface area (Å²) in [5, 5.41) is 0. The Hall–Kier alpha value is -0.910. The van der Waals surface area contributed by atoms with Crippen molar-refractivity contribution in [3.63, 3.8) is 0 Å². The largest absolute Gasteiger partial charge is 0.361 e. The molecule has 0 fully saturated rings. The Bertz CT molecular complexity index is 427. The Kier molecular flexibility index (Phi) is 1.87. The first-order chi connectivity index (χ1) is 6.15. The predicted octanol–water partition coefficient (Wildman–Crippen LogP) is 0.623. The third kappa shape index (κ3) is 1.25. The number of sulfonamides is 1. The second-order valence-corrected chi connectivity index (χ2v) is 4.46. The normalized spacial score (nSPS) is 24.2. The Balaban J connectivity index is 2.64. The summed E-state index contributed by atoms with van der Waals surface area (Å²) in [5.41, 5.74) is 0.671. The zero-order valence-corrected chi connectivity index (χ0v) is 7.84. The highest BCUT2D eigenvalue weighted by molar-refractivity contribution is 7.89. The fourth-order valence-corrected chi connectivity index (χ4v) is 2.76. The van der Waals surface area contributed by atoms with Gasteiger partial charge in [0.15, 0.2) is 0 Å². The van der Waals surface area contributed by atoms with Crippen molar-refractivity contribution in [1.29, 1.82) is 0 Å². The fourth-order valence-electron chi connectivity index (χ4n) is 1.38. The van der Waals surface area contributed by atoms with Gasteiger partial charge in [-0.05, 0) is 6.07 Å². The van der Waals surface area contributed by atoms with Crippen LogP contribution >= 0.6 is 0 Å². The molecule has 2 rings (SSSR count). The summed E-state index contributed by atoms with van der Waals surface area (Å²) < 4.78 is 30.2. The SMILES string of the molecule is COC1NS(=O)(=O)c2ccccc21. The van der Waals surface area contributed by atoms with Crippen LogP contribution in [0.15, 0.2) is 29.2 Å². The molecule has 1 atom stereocenters. The van der Waals surface area contributed by atoms with Gasteiger partial charge in [-0.2, -0.15) is 4.72 Å². The number of hydrogen-bond donors (Lipinski definition) is 1. The van der Waals surface area contributed by atoms with Gasteiger partial charge in [-0.3, -0.25) is 0 Å². The van der Waals surface area contributed by atoms with Crippen molar-refractivity contribution in [3.05, 3.63) is 29.8 Å². The van der Waals surface area contributed by atoms with Gasteiger partial charge in [-0.1, -0.05) is 18.2 Å². The average Bonchev–Trinajstić information content (AvgIpc) is 2.39. The van der Waals surface area contributed by atoms with Crippen LogP contribution in [-0.4, -0.2) is 15.5 Å². The van der Waals surface area contributed by atoms with Gasteiger partial charge in [0, 0.05) is 12.7 Å². The van der Waals surface area contributed by atoms with Crippen LogP contribution in [0.5, 0.6) is 0 Å². The summed E-state index contributed by atoms with van der Waals surface area (Å²) in [6.45, 7) is 0. The van der Waals surface area contributed by atoms with E-state index in [4.69, 9.17) is 4.74 Å². The van der Waals surface area contributed by atoms with Crippen molar-refractivity contribution >= 4 is 10.0 Å². The van der Waals surface area contributed by atoms with E-state index in [2.05, 4.69) is 4.72 Å². The maximum atomic E-state index is 11.4. The molecule has 1 heterocycles. The van der Waals surface area contributed by atoms with E-state index in [-0.39, 0.29) is 0 Å². The van der Waals surface area contributed by atoms with Gasteiger partial charge in [0.2, 0.25) is 10.0 Å². The average molecular weight is 199 g/mol. The van der Waals surface area contributed by atoms with Crippen LogP contribution in [0.3, 0.4) is 0 Å². The Morgan fingerprint density at radius 3 is 2.77 bits per heavy atom. The van der Waals surface area contributed by atoms with Gasteiger partial charge in [0.05, 0.1) is 4.90 Å². The lowest BCUT2D eigenvalue weighted by Crippen LogP contribution is -2.20. The minimum Gasteiger partial charge on any atom is -0.361 e. The van der Waals surface area contributed by atoms with Gasteiger partial charge >= 0.3 is 0 Å². The molecule has 70 valence electrons. The maximum absolute atomic E-state index is 11.4. The number of ether oxygens (including phenoxy) is 1. The zero-order valence-electron chi connectivity index (χ0n) is 7.02. The molecule has 0 aliphatic carbocycles. The van der Waals surface area contributed by atoms with E-state index in [0.29, 0.717) is 10.5 Å². The maximum Gasteiger partial charge on any atom is 0.243 e. The second-order valence-electron chi connectivity index (χ2n) is 2.77. The van der Waals surface area contributed by atoms with E-state index in [1.165, 1.54) is 7.11 Å². The first kappa shape index (κ1) is 8.68. The molecule has 13 heavy (non-hydrogen) atoms. The molecule has 1 N–H and O–H groups in total. The molecule has 1 aliphatic rings. The van der Waals surface area contributed by atoms with E-state index >= 15 is 0 Å². The van der Waals surface area contributed by atoms with E-state index in [0.717, 1.165) is 0 Å². The standard InChI is InChI=1S/C8H9NO3S/c1-12-8-6-4-2-3-5-7(6)13(10,11)9-8/h2-5,8-9H,1H3. The predicted molar refractivity (Wildman–Crippen MR) is 46.5 cm³/mol. The minimum absolute atomic E-state index is 0.307. The molecule has 1 aromatic carbocycles. The van der Waals surface area contributed by atoms with Crippen LogP contribution in [-0.2, 0) is 14.8 Å². The first-order valence-corrected chi connectivity index (χ1v) is 5.27. The number of rotatable bonds is 1. The number of fused-ring (bicyclic) bond motifs is 1. The molecule has 1 unspecified atom stereocenters. The van der Waals surface area contributed by atoms with Crippen LogP contribution in [0, 0.1) is 0 Å². The summed E-state index contributed by atoms with van der Waals surface area (Å²) in [4.78, 5) is 0.307. The molecule has 5 heteroatoms. The Morgan fingerprint density at radius 2 is 2.08 bits per heavy atom. The molecule has 0 saturated heterocycles. The monoisotopic (exact) mass is 199 g/mol. The summed E-state index contributed by atoms with van der Waals surface area (Å²) in [6, 6.07) is 6.78. The number of benzene rings is 1. The van der Waals surface area contributed by atoms with Crippen molar-refractivity contribution in [3.8, 4) is 0 Å². The smallest absolute Gasteiger partial charge is 0.243 e. The van der Waals surface area contributed by atoms with Crippen LogP contribution in [0.4, 0.5) is 0 Å². The van der Waals surface area contributed by atoms with Crippen LogP contribution < -0.4 is 4.72 Å². The molecule has 0 radical (unpaired) electrons. The van der Waals surface area contributed by atoms with Gasteiger partial charge in [-0.15, -0.1) is 0 Å². The van der Waals surface area contributed by atoms with Crippen LogP contribution in [0.2, 0.25) is 0 Å². The lowest BCUT2D eigenvalue weighted by atomic mass is 10.2. The lowest BCUT2D eigenvalue weighted by Gasteiger charge is -2.06. The third-order valence-electron chi connectivity index (χ3n) is 1.99. The van der Waals surface area contributed by atoms with Gasteiger partial charge in [-0.25, -0.2) is 8.42 Å². The number of nitrogens with one attached hydrogen (secondary N) is 1. The van der Waals surface area contributed by atoms with Crippen molar-refractivity contribution < 1.29 is 13.2 Å². The molecule has 1 aromatic rings. The lowest BCUT2D eigenvalue weighted by molar-refractivity contribution is 0.0971. The fraction of sp³-hybridized carbons (Fsp3) is 0.250. The van der Waals surface area contributed by atoms with Crippen molar-refractivity contribution in [2.75, 3.05) is 7.11 Å². The molecule has 0 bridgehead atoms. The number of hydrogen-bond acceptors (Lipinski definition) is 3. The minimum atomic E-state index is -3.34. The van der Waals surface area contributed by atoms with Crippen LogP contribution in [0.25, 0.3) is 0 Å². The summed E-state index contributed by atoms with van der Waals surface area (Å²) in [7, 11) is -1.87. The topological polar surface area (TPSA) is 55.4 Å². The summed E-state index contributed by atoms with van der Waals surface area (Å²) in [5.74, 6) is 0. The second kappa shape index (κ2) is 2.80. The quantitative estimate of drug-likeness (QED) is 0.721. The molecular weight excluding hydrogens is 190 g/mol. The Labute approximate surface area is 76.6 Å². The van der Waals surface area contributed by atoms with Crippen molar-refractivity contribution in [2.45, 2.75) is 11.1 Å². The summed E-state index contributed by atoms with van der Waals surface area (Å²) >= 11 is 0. The first-order valence-electron chi connectivity index (χ1n) is 3.79. The van der Waals surface area contributed by atoms with Gasteiger partial charge in [0.25, 0.3) is 0 Å². The molecule has 4 nitrogen and oxygen atoms in total. The van der Waals surface area contributed by atoms with E-state index < -0.39 is 16.3 Å². The molecule has 0 amide bonds. The molecule has 0 spiro atoms. The van der Waals surface area contributed by atoms with Crippen molar-refractivity contribution in [2.24, 2.45) is 0 Å². The highest BCUT2D eigenvalue weighted by Crippen LogP contribution is 2.30. The van der Waals surface area contributed by atoms with Gasteiger partial charge in [0.1, 0.15) is 6.23 Å². The van der Waals surface area contributed by atoms with E-state index in [1.54, 1.807) is 24.3 Å².